The first-order chi connectivity index (χ1) is 15.3. The van der Waals surface area contributed by atoms with Crippen molar-refractivity contribution in [3.05, 3.63) is 149 Å². The summed E-state index contributed by atoms with van der Waals surface area (Å²) in [5.41, 5.74) is 9.11. The summed E-state index contributed by atoms with van der Waals surface area (Å²) >= 11 is 1.95. The van der Waals surface area contributed by atoms with E-state index in [2.05, 4.69) is 128 Å². The molecule has 4 aromatic carbocycles. The van der Waals surface area contributed by atoms with Gasteiger partial charge in [0.15, 0.2) is 0 Å². The molecule has 150 valence electrons. The van der Waals surface area contributed by atoms with Crippen LogP contribution < -0.4 is 0 Å². The Kier molecular flexibility index (Phi) is 5.60. The summed E-state index contributed by atoms with van der Waals surface area (Å²) in [6.07, 6.45) is 2.38. The molecule has 0 radical (unpaired) electrons. The summed E-state index contributed by atoms with van der Waals surface area (Å²) in [7, 11) is 0. The predicted molar refractivity (Wildman–Crippen MR) is 136 cm³/mol. The van der Waals surface area contributed by atoms with E-state index in [0.29, 0.717) is 0 Å². The zero-order valence-electron chi connectivity index (χ0n) is 17.5. The molecule has 0 saturated carbocycles. The van der Waals surface area contributed by atoms with Gasteiger partial charge in [0.2, 0.25) is 0 Å². The van der Waals surface area contributed by atoms with Gasteiger partial charge in [-0.3, -0.25) is 0 Å². The molecule has 0 amide bonds. The van der Waals surface area contributed by atoms with Gasteiger partial charge in [0.05, 0.1) is 5.25 Å². The van der Waals surface area contributed by atoms with Crippen LogP contribution in [0.3, 0.4) is 0 Å². The number of thioether (sulfide) groups is 1. The van der Waals surface area contributed by atoms with Gasteiger partial charge in [-0.1, -0.05) is 121 Å². The third kappa shape index (κ3) is 4.15. The quantitative estimate of drug-likeness (QED) is 0.322. The normalized spacial score (nSPS) is 16.2. The van der Waals surface area contributed by atoms with Gasteiger partial charge in [0.1, 0.15) is 0 Å². The highest BCUT2D eigenvalue weighted by Gasteiger charge is 2.28. The lowest BCUT2D eigenvalue weighted by molar-refractivity contribution is 1.23. The minimum Gasteiger partial charge on any atom is -0.112 e. The van der Waals surface area contributed by atoms with E-state index in [1.165, 1.54) is 43.9 Å². The molecule has 0 aliphatic carbocycles. The van der Waals surface area contributed by atoms with Crippen LogP contribution in [0.4, 0.5) is 0 Å². The van der Waals surface area contributed by atoms with E-state index in [-0.39, 0.29) is 5.25 Å². The molecule has 1 aliphatic rings. The van der Waals surface area contributed by atoms with Crippen molar-refractivity contribution in [2.24, 2.45) is 0 Å². The average Bonchev–Trinajstić information content (AvgIpc) is 2.85. The van der Waals surface area contributed by atoms with Gasteiger partial charge in [-0.05, 0) is 46.4 Å². The Bertz CT molecular complexity index is 1220. The van der Waals surface area contributed by atoms with E-state index in [1.807, 2.05) is 11.8 Å². The maximum atomic E-state index is 2.38. The van der Waals surface area contributed by atoms with Crippen molar-refractivity contribution in [2.45, 2.75) is 12.2 Å². The Hall–Kier alpha value is -3.29. The smallest absolute Gasteiger partial charge is 0.0606 e. The van der Waals surface area contributed by atoms with Gasteiger partial charge in [0.25, 0.3) is 0 Å². The summed E-state index contributed by atoms with van der Waals surface area (Å²) in [5, 5.41) is 0.221. The molecule has 1 atom stereocenters. The third-order valence-corrected chi connectivity index (χ3v) is 7.03. The Balaban J connectivity index is 1.78. The second-order valence-corrected chi connectivity index (χ2v) is 8.99. The minimum atomic E-state index is 0.221. The van der Waals surface area contributed by atoms with Crippen molar-refractivity contribution in [2.75, 3.05) is 0 Å². The van der Waals surface area contributed by atoms with Crippen molar-refractivity contribution in [1.29, 1.82) is 0 Å². The summed E-state index contributed by atoms with van der Waals surface area (Å²) in [6.45, 7) is 2.15. The second-order valence-electron chi connectivity index (χ2n) is 7.84. The molecular formula is C30H24S. The van der Waals surface area contributed by atoms with Crippen LogP contribution >= 0.6 is 11.8 Å². The van der Waals surface area contributed by atoms with Crippen LogP contribution in [0.25, 0.3) is 16.1 Å². The second kappa shape index (κ2) is 8.83. The summed E-state index contributed by atoms with van der Waals surface area (Å²) < 4.78 is 0. The molecule has 0 fully saturated rings. The molecule has 1 aliphatic heterocycles. The summed E-state index contributed by atoms with van der Waals surface area (Å²) in [5.74, 6) is 0. The van der Waals surface area contributed by atoms with Crippen molar-refractivity contribution in [1.82, 2.24) is 0 Å². The minimum absolute atomic E-state index is 0.221. The molecule has 0 spiro atoms. The number of hydrogen-bond acceptors (Lipinski definition) is 1. The van der Waals surface area contributed by atoms with Crippen molar-refractivity contribution in [3.63, 3.8) is 0 Å². The molecule has 5 rings (SSSR count). The summed E-state index contributed by atoms with van der Waals surface area (Å²) in [6, 6.07) is 41.4. The lowest BCUT2D eigenvalue weighted by Gasteiger charge is -2.29. The van der Waals surface area contributed by atoms with Crippen LogP contribution in [0.1, 0.15) is 33.1 Å². The first-order valence-electron chi connectivity index (χ1n) is 10.6. The number of hydrogen-bond donors (Lipinski definition) is 0. The maximum absolute atomic E-state index is 2.38. The Morgan fingerprint density at radius 2 is 1.06 bits per heavy atom. The standard InChI is InChI=1S/C30H24S/c1-22-17-19-26(20-18-22)30-29(25-15-9-4-10-16-25)27(23-11-5-2-6-12-23)21-28(31-30)24-13-7-3-8-14-24/h2-21,30H,1H3. The van der Waals surface area contributed by atoms with Crippen molar-refractivity contribution in [3.8, 4) is 0 Å². The molecular weight excluding hydrogens is 392 g/mol. The molecule has 0 aromatic heterocycles. The molecule has 0 N–H and O–H groups in total. The lowest BCUT2D eigenvalue weighted by atomic mass is 9.88. The average molecular weight is 417 g/mol. The van der Waals surface area contributed by atoms with E-state index in [0.717, 1.165) is 0 Å². The fourth-order valence-electron chi connectivity index (χ4n) is 4.08. The fourth-order valence-corrected chi connectivity index (χ4v) is 5.47. The van der Waals surface area contributed by atoms with Gasteiger partial charge in [0, 0.05) is 4.91 Å². The highest BCUT2D eigenvalue weighted by Crippen LogP contribution is 2.54. The Morgan fingerprint density at radius 3 is 1.65 bits per heavy atom. The first-order valence-corrected chi connectivity index (χ1v) is 11.5. The van der Waals surface area contributed by atoms with Gasteiger partial charge >= 0.3 is 0 Å². The Labute approximate surface area is 189 Å². The van der Waals surface area contributed by atoms with Crippen LogP contribution in [-0.4, -0.2) is 0 Å². The van der Waals surface area contributed by atoms with Crippen molar-refractivity contribution >= 4 is 27.8 Å². The van der Waals surface area contributed by atoms with Crippen molar-refractivity contribution < 1.29 is 0 Å². The van der Waals surface area contributed by atoms with Crippen LogP contribution in [-0.2, 0) is 0 Å². The maximum Gasteiger partial charge on any atom is 0.0606 e. The SMILES string of the molecule is Cc1ccc(C2SC(c3ccccc3)=CC(c3ccccc3)=C2c2ccccc2)cc1. The topological polar surface area (TPSA) is 0 Å². The van der Waals surface area contributed by atoms with E-state index >= 15 is 0 Å². The Morgan fingerprint density at radius 1 is 0.548 bits per heavy atom. The van der Waals surface area contributed by atoms with Crippen LogP contribution in [0.5, 0.6) is 0 Å². The molecule has 1 unspecified atom stereocenters. The van der Waals surface area contributed by atoms with Gasteiger partial charge in [-0.25, -0.2) is 0 Å². The molecule has 31 heavy (non-hydrogen) atoms. The molecule has 1 heteroatoms. The monoisotopic (exact) mass is 416 g/mol. The fraction of sp³-hybridized carbons (Fsp3) is 0.0667. The number of allylic oxidation sites excluding steroid dienone is 2. The predicted octanol–water partition coefficient (Wildman–Crippen LogP) is 8.44. The number of rotatable bonds is 4. The zero-order valence-corrected chi connectivity index (χ0v) is 18.3. The van der Waals surface area contributed by atoms with Gasteiger partial charge in [-0.2, -0.15) is 0 Å². The highest BCUT2D eigenvalue weighted by molar-refractivity contribution is 8.09. The van der Waals surface area contributed by atoms with E-state index < -0.39 is 0 Å². The van der Waals surface area contributed by atoms with Crippen LogP contribution in [0, 0.1) is 6.92 Å². The molecule has 4 aromatic rings. The molecule has 0 bridgehead atoms. The lowest BCUT2D eigenvalue weighted by Crippen LogP contribution is -2.06. The molecule has 0 nitrogen and oxygen atoms in total. The van der Waals surface area contributed by atoms with Crippen LogP contribution in [0.2, 0.25) is 0 Å². The van der Waals surface area contributed by atoms with Gasteiger partial charge < -0.3 is 0 Å². The van der Waals surface area contributed by atoms with E-state index in [4.69, 9.17) is 0 Å². The molecule has 1 heterocycles. The largest absolute Gasteiger partial charge is 0.112 e. The number of benzene rings is 4. The summed E-state index contributed by atoms with van der Waals surface area (Å²) in [4.78, 5) is 1.31. The number of aryl methyl sites for hydroxylation is 1. The highest BCUT2D eigenvalue weighted by atomic mass is 32.2. The van der Waals surface area contributed by atoms with E-state index in [1.54, 1.807) is 0 Å². The van der Waals surface area contributed by atoms with Crippen LogP contribution in [0.15, 0.2) is 121 Å². The molecule has 0 saturated heterocycles. The van der Waals surface area contributed by atoms with Gasteiger partial charge in [-0.15, -0.1) is 11.8 Å². The first kappa shape index (κ1) is 19.7. The third-order valence-electron chi connectivity index (χ3n) is 5.68. The van der Waals surface area contributed by atoms with E-state index in [9.17, 15) is 0 Å². The zero-order chi connectivity index (χ0) is 21.0.